The molecule has 0 aliphatic rings. The third-order valence-electron chi connectivity index (χ3n) is 1.39. The van der Waals surface area contributed by atoms with Crippen LogP contribution in [0.3, 0.4) is 0 Å². The number of imidazole rings is 1. The molecule has 0 spiro atoms. The molecule has 0 atom stereocenters. The van der Waals surface area contributed by atoms with Gasteiger partial charge in [0.15, 0.2) is 0 Å². The summed E-state index contributed by atoms with van der Waals surface area (Å²) in [6.07, 6.45) is 1.25. The normalized spacial score (nSPS) is 9.33. The molecule has 12 heavy (non-hydrogen) atoms. The van der Waals surface area contributed by atoms with Crippen molar-refractivity contribution < 1.29 is 4.92 Å². The van der Waals surface area contributed by atoms with Crippen molar-refractivity contribution in [2.45, 2.75) is 13.5 Å². The minimum Gasteiger partial charge on any atom is -0.358 e. The van der Waals surface area contributed by atoms with Crippen molar-refractivity contribution in [2.75, 3.05) is 0 Å². The standard InChI is InChI=1S/C6H6N4O2/c1-5-8-6(10(11)12)4-9(5)3-2-7/h4H,3H2,1H3. The van der Waals surface area contributed by atoms with Crippen LogP contribution in [-0.2, 0) is 6.54 Å². The van der Waals surface area contributed by atoms with Crippen LogP contribution in [0.4, 0.5) is 5.82 Å². The second-order valence-corrected chi connectivity index (χ2v) is 2.19. The van der Waals surface area contributed by atoms with E-state index in [1.54, 1.807) is 6.92 Å². The maximum Gasteiger partial charge on any atom is 0.381 e. The predicted molar refractivity (Wildman–Crippen MR) is 39.2 cm³/mol. The van der Waals surface area contributed by atoms with E-state index in [0.29, 0.717) is 5.82 Å². The van der Waals surface area contributed by atoms with Gasteiger partial charge in [0.25, 0.3) is 0 Å². The number of nitrogens with zero attached hydrogens (tertiary/aromatic N) is 4. The van der Waals surface area contributed by atoms with E-state index >= 15 is 0 Å². The van der Waals surface area contributed by atoms with Gasteiger partial charge in [-0.3, -0.25) is 4.57 Å². The van der Waals surface area contributed by atoms with Gasteiger partial charge in [0, 0.05) is 6.92 Å². The molecule has 6 heteroatoms. The van der Waals surface area contributed by atoms with Gasteiger partial charge in [-0.15, -0.1) is 0 Å². The van der Waals surface area contributed by atoms with Gasteiger partial charge in [0.1, 0.15) is 12.7 Å². The zero-order chi connectivity index (χ0) is 9.14. The Morgan fingerprint density at radius 3 is 3.00 bits per heavy atom. The molecule has 0 saturated heterocycles. The Hall–Kier alpha value is -1.90. The molecule has 0 radical (unpaired) electrons. The Balaban J connectivity index is 3.02. The Morgan fingerprint density at radius 1 is 1.92 bits per heavy atom. The van der Waals surface area contributed by atoms with E-state index in [9.17, 15) is 10.1 Å². The number of aryl methyl sites for hydroxylation is 1. The highest BCUT2D eigenvalue weighted by molar-refractivity contribution is 5.17. The minimum absolute atomic E-state index is 0.0900. The molecule has 6 nitrogen and oxygen atoms in total. The van der Waals surface area contributed by atoms with Crippen LogP contribution in [0.5, 0.6) is 0 Å². The Morgan fingerprint density at radius 2 is 2.58 bits per heavy atom. The van der Waals surface area contributed by atoms with Crippen LogP contribution >= 0.6 is 0 Å². The molecule has 0 fully saturated rings. The zero-order valence-corrected chi connectivity index (χ0v) is 6.39. The van der Waals surface area contributed by atoms with Crippen molar-refractivity contribution in [1.82, 2.24) is 9.55 Å². The number of nitro groups is 1. The number of hydrogen-bond acceptors (Lipinski definition) is 4. The molecule has 0 unspecified atom stereocenters. The molecule has 0 amide bonds. The predicted octanol–water partition coefficient (Wildman–Crippen LogP) is 0.623. The minimum atomic E-state index is -0.582. The average Bonchev–Trinajstić information content (AvgIpc) is 2.34. The van der Waals surface area contributed by atoms with Crippen LogP contribution < -0.4 is 0 Å². The van der Waals surface area contributed by atoms with Crippen LogP contribution in [0.15, 0.2) is 6.20 Å². The van der Waals surface area contributed by atoms with Crippen molar-refractivity contribution in [2.24, 2.45) is 0 Å². The second kappa shape index (κ2) is 3.00. The van der Waals surface area contributed by atoms with Crippen LogP contribution in [-0.4, -0.2) is 14.5 Å². The van der Waals surface area contributed by atoms with E-state index in [1.165, 1.54) is 10.8 Å². The quantitative estimate of drug-likeness (QED) is 0.476. The van der Waals surface area contributed by atoms with E-state index in [1.807, 2.05) is 6.07 Å². The Bertz CT molecular complexity index is 349. The highest BCUT2D eigenvalue weighted by atomic mass is 16.6. The molecule has 0 aromatic carbocycles. The van der Waals surface area contributed by atoms with Crippen molar-refractivity contribution in [1.29, 1.82) is 5.26 Å². The lowest BCUT2D eigenvalue weighted by atomic mass is 10.6. The monoisotopic (exact) mass is 166 g/mol. The summed E-state index contributed by atoms with van der Waals surface area (Å²) in [5, 5.41) is 18.5. The van der Waals surface area contributed by atoms with Crippen LogP contribution in [0, 0.1) is 28.4 Å². The number of hydrogen-bond donors (Lipinski definition) is 0. The summed E-state index contributed by atoms with van der Waals surface area (Å²) in [6.45, 7) is 1.71. The van der Waals surface area contributed by atoms with E-state index in [2.05, 4.69) is 4.98 Å². The van der Waals surface area contributed by atoms with Crippen LogP contribution in [0.1, 0.15) is 5.82 Å². The largest absolute Gasteiger partial charge is 0.381 e. The fraction of sp³-hybridized carbons (Fsp3) is 0.333. The molecule has 1 aromatic rings. The highest BCUT2D eigenvalue weighted by Gasteiger charge is 2.13. The summed E-state index contributed by atoms with van der Waals surface area (Å²) in [7, 11) is 0. The number of nitriles is 1. The SMILES string of the molecule is Cc1nc([N+](=O)[O-])cn1CC#N. The second-order valence-electron chi connectivity index (χ2n) is 2.19. The summed E-state index contributed by atoms with van der Waals surface area (Å²) in [4.78, 5) is 13.3. The molecule has 0 N–H and O–H groups in total. The summed E-state index contributed by atoms with van der Waals surface area (Å²) in [5.41, 5.74) is 0. The van der Waals surface area contributed by atoms with Gasteiger partial charge < -0.3 is 10.1 Å². The maximum absolute atomic E-state index is 10.2. The van der Waals surface area contributed by atoms with E-state index in [0.717, 1.165) is 0 Å². The Kier molecular flexibility index (Phi) is 2.05. The van der Waals surface area contributed by atoms with Crippen LogP contribution in [0.25, 0.3) is 0 Å². The van der Waals surface area contributed by atoms with Gasteiger partial charge in [-0.1, -0.05) is 0 Å². The first kappa shape index (κ1) is 8.20. The molecule has 0 bridgehead atoms. The Labute approximate surface area is 68.2 Å². The van der Waals surface area contributed by atoms with E-state index in [4.69, 9.17) is 5.26 Å². The fourth-order valence-corrected chi connectivity index (χ4v) is 0.816. The summed E-state index contributed by atoms with van der Waals surface area (Å²) >= 11 is 0. The molecular formula is C6H6N4O2. The molecule has 1 heterocycles. The molecule has 0 saturated carbocycles. The lowest BCUT2D eigenvalue weighted by Gasteiger charge is -1.89. The first-order valence-electron chi connectivity index (χ1n) is 3.20. The average molecular weight is 166 g/mol. The maximum atomic E-state index is 10.2. The fourth-order valence-electron chi connectivity index (χ4n) is 0.816. The first-order chi connectivity index (χ1) is 5.65. The van der Waals surface area contributed by atoms with Gasteiger partial charge in [-0.05, 0) is 9.91 Å². The lowest BCUT2D eigenvalue weighted by molar-refractivity contribution is -0.389. The number of aromatic nitrogens is 2. The molecule has 0 aliphatic heterocycles. The molecule has 62 valence electrons. The lowest BCUT2D eigenvalue weighted by Crippen LogP contribution is -1.95. The van der Waals surface area contributed by atoms with Gasteiger partial charge in [-0.2, -0.15) is 5.26 Å². The highest BCUT2D eigenvalue weighted by Crippen LogP contribution is 2.09. The van der Waals surface area contributed by atoms with Gasteiger partial charge in [0.2, 0.25) is 5.82 Å². The van der Waals surface area contributed by atoms with E-state index in [-0.39, 0.29) is 12.4 Å². The van der Waals surface area contributed by atoms with Gasteiger partial charge in [-0.25, -0.2) is 0 Å². The summed E-state index contributed by atoms with van der Waals surface area (Å²) in [5.74, 6) is 0.256. The van der Waals surface area contributed by atoms with E-state index < -0.39 is 4.92 Å². The third-order valence-corrected chi connectivity index (χ3v) is 1.39. The topological polar surface area (TPSA) is 84.8 Å². The third kappa shape index (κ3) is 1.40. The van der Waals surface area contributed by atoms with Crippen molar-refractivity contribution in [3.63, 3.8) is 0 Å². The zero-order valence-electron chi connectivity index (χ0n) is 6.39. The summed E-state index contributed by atoms with van der Waals surface area (Å²) < 4.78 is 1.43. The first-order valence-corrected chi connectivity index (χ1v) is 3.20. The number of rotatable bonds is 2. The molecule has 0 aliphatic carbocycles. The smallest absolute Gasteiger partial charge is 0.358 e. The summed E-state index contributed by atoms with van der Waals surface area (Å²) in [6, 6.07) is 1.88. The van der Waals surface area contributed by atoms with Crippen molar-refractivity contribution in [3.05, 3.63) is 22.1 Å². The van der Waals surface area contributed by atoms with Crippen molar-refractivity contribution >= 4 is 5.82 Å². The molecule has 1 rings (SSSR count). The molecular weight excluding hydrogens is 160 g/mol. The molecule has 1 aromatic heterocycles. The van der Waals surface area contributed by atoms with Crippen LogP contribution in [0.2, 0.25) is 0 Å². The van der Waals surface area contributed by atoms with Gasteiger partial charge >= 0.3 is 5.82 Å². The van der Waals surface area contributed by atoms with Crippen molar-refractivity contribution in [3.8, 4) is 6.07 Å². The van der Waals surface area contributed by atoms with Gasteiger partial charge in [0.05, 0.1) is 6.07 Å².